The average molecular weight is 388 g/mol. The molecule has 0 spiro atoms. The van der Waals surface area contributed by atoms with Gasteiger partial charge in [-0.3, -0.25) is 4.79 Å². The molecule has 0 unspecified atom stereocenters. The maximum absolute atomic E-state index is 12.5. The lowest BCUT2D eigenvalue weighted by Gasteiger charge is -2.19. The van der Waals surface area contributed by atoms with Gasteiger partial charge in [0.05, 0.1) is 4.90 Å². The number of para-hydroxylation sites is 1. The van der Waals surface area contributed by atoms with E-state index in [1.54, 1.807) is 12.1 Å². The van der Waals surface area contributed by atoms with E-state index >= 15 is 0 Å². The van der Waals surface area contributed by atoms with E-state index in [9.17, 15) is 13.2 Å². The van der Waals surface area contributed by atoms with Crippen molar-refractivity contribution in [2.24, 2.45) is 0 Å². The molecule has 0 saturated carbocycles. The maximum atomic E-state index is 12.5. The van der Waals surface area contributed by atoms with Crippen molar-refractivity contribution >= 4 is 21.6 Å². The topological polar surface area (TPSA) is 69.7 Å². The Kier molecular flexibility index (Phi) is 6.13. The van der Waals surface area contributed by atoms with Gasteiger partial charge in [-0.25, -0.2) is 8.42 Å². The van der Waals surface area contributed by atoms with E-state index in [2.05, 4.69) is 10.2 Å². The molecule has 6 nitrogen and oxygen atoms in total. The van der Waals surface area contributed by atoms with Crippen molar-refractivity contribution in [1.29, 1.82) is 0 Å². The summed E-state index contributed by atoms with van der Waals surface area (Å²) in [6, 6.07) is 16.1. The number of nitrogens with zero attached hydrogens (tertiary/aromatic N) is 2. The first kappa shape index (κ1) is 19.4. The zero-order valence-corrected chi connectivity index (χ0v) is 16.3. The van der Waals surface area contributed by atoms with Gasteiger partial charge in [0.1, 0.15) is 0 Å². The van der Waals surface area contributed by atoms with Crippen LogP contribution in [-0.4, -0.2) is 51.9 Å². The molecule has 3 rings (SSSR count). The third kappa shape index (κ3) is 4.67. The molecule has 1 saturated heterocycles. The Balaban J connectivity index is 1.54. The fourth-order valence-corrected chi connectivity index (χ4v) is 4.62. The fourth-order valence-electron chi connectivity index (χ4n) is 3.11. The summed E-state index contributed by atoms with van der Waals surface area (Å²) in [7, 11) is -1.47. The molecule has 0 aromatic heterocycles. The highest BCUT2D eigenvalue weighted by molar-refractivity contribution is 7.89. The number of amides is 1. The number of sulfonamides is 1. The Morgan fingerprint density at radius 1 is 1.04 bits per heavy atom. The molecule has 1 N–H and O–H groups in total. The normalized spacial score (nSPS) is 14.9. The first-order chi connectivity index (χ1) is 13.0. The summed E-state index contributed by atoms with van der Waals surface area (Å²) in [6.07, 6.45) is 1.80. The number of nitrogens with one attached hydrogen (secondary N) is 1. The quantitative estimate of drug-likeness (QED) is 0.792. The molecule has 2 aromatic rings. The van der Waals surface area contributed by atoms with Crippen LogP contribution in [0.1, 0.15) is 23.2 Å². The standard InChI is InChI=1S/C20H25N3O3S/c1-22(18-7-3-2-4-8-18)16-13-21-20(24)17-9-11-19(12-10-17)27(25,26)23-14-5-6-15-23/h2-4,7-12H,5-6,13-16H2,1H3,(H,21,24). The Morgan fingerprint density at radius 2 is 1.67 bits per heavy atom. The molecule has 1 fully saturated rings. The molecule has 0 atom stereocenters. The first-order valence-corrected chi connectivity index (χ1v) is 10.6. The number of benzene rings is 2. The van der Waals surface area contributed by atoms with Crippen molar-refractivity contribution < 1.29 is 13.2 Å². The Labute approximate surface area is 160 Å². The molecule has 1 heterocycles. The number of carbonyl (C=O) groups is 1. The van der Waals surface area contributed by atoms with Gasteiger partial charge in [-0.2, -0.15) is 4.31 Å². The van der Waals surface area contributed by atoms with Crippen molar-refractivity contribution in [2.75, 3.05) is 38.1 Å². The van der Waals surface area contributed by atoms with E-state index in [1.165, 1.54) is 16.4 Å². The van der Waals surface area contributed by atoms with Crippen LogP contribution in [0.2, 0.25) is 0 Å². The molecule has 0 bridgehead atoms. The van der Waals surface area contributed by atoms with Gasteiger partial charge >= 0.3 is 0 Å². The third-order valence-electron chi connectivity index (χ3n) is 4.75. The molecular formula is C20H25N3O3S. The molecule has 2 aromatic carbocycles. The summed E-state index contributed by atoms with van der Waals surface area (Å²) in [6.45, 7) is 2.31. The highest BCUT2D eigenvalue weighted by Gasteiger charge is 2.27. The number of rotatable bonds is 7. The van der Waals surface area contributed by atoms with E-state index < -0.39 is 10.0 Å². The van der Waals surface area contributed by atoms with Gasteiger partial charge in [-0.1, -0.05) is 18.2 Å². The summed E-state index contributed by atoms with van der Waals surface area (Å²) in [4.78, 5) is 14.6. The summed E-state index contributed by atoms with van der Waals surface area (Å²) in [5.41, 5.74) is 1.54. The van der Waals surface area contributed by atoms with Gasteiger partial charge in [0.25, 0.3) is 5.91 Å². The first-order valence-electron chi connectivity index (χ1n) is 9.13. The van der Waals surface area contributed by atoms with Crippen molar-refractivity contribution in [3.05, 3.63) is 60.2 Å². The summed E-state index contributed by atoms with van der Waals surface area (Å²) >= 11 is 0. The highest BCUT2D eigenvalue weighted by Crippen LogP contribution is 2.21. The molecular weight excluding hydrogens is 362 g/mol. The van der Waals surface area contributed by atoms with Crippen LogP contribution in [0.15, 0.2) is 59.5 Å². The van der Waals surface area contributed by atoms with Crippen LogP contribution in [0.4, 0.5) is 5.69 Å². The van der Waals surface area contributed by atoms with Crippen LogP contribution in [0.25, 0.3) is 0 Å². The third-order valence-corrected chi connectivity index (χ3v) is 6.66. The largest absolute Gasteiger partial charge is 0.373 e. The smallest absolute Gasteiger partial charge is 0.251 e. The van der Waals surface area contributed by atoms with Crippen molar-refractivity contribution in [3.8, 4) is 0 Å². The van der Waals surface area contributed by atoms with Crippen LogP contribution in [-0.2, 0) is 10.0 Å². The van der Waals surface area contributed by atoms with Gasteiger partial charge in [0, 0.05) is 44.5 Å². The lowest BCUT2D eigenvalue weighted by atomic mass is 10.2. The minimum absolute atomic E-state index is 0.207. The average Bonchev–Trinajstić information content (AvgIpc) is 3.24. The predicted molar refractivity (Wildman–Crippen MR) is 106 cm³/mol. The summed E-state index contributed by atoms with van der Waals surface area (Å²) < 4.78 is 26.5. The molecule has 1 amide bonds. The molecule has 7 heteroatoms. The van der Waals surface area contributed by atoms with E-state index in [1.807, 2.05) is 37.4 Å². The van der Waals surface area contributed by atoms with Crippen LogP contribution in [0, 0.1) is 0 Å². The Bertz CT molecular complexity index is 861. The van der Waals surface area contributed by atoms with E-state index in [4.69, 9.17) is 0 Å². The van der Waals surface area contributed by atoms with Gasteiger partial charge in [0.2, 0.25) is 10.0 Å². The summed E-state index contributed by atoms with van der Waals surface area (Å²) in [5, 5.41) is 2.87. The van der Waals surface area contributed by atoms with Crippen molar-refractivity contribution in [2.45, 2.75) is 17.7 Å². The highest BCUT2D eigenvalue weighted by atomic mass is 32.2. The van der Waals surface area contributed by atoms with Crippen LogP contribution in [0.3, 0.4) is 0 Å². The van der Waals surface area contributed by atoms with E-state index in [-0.39, 0.29) is 10.8 Å². The molecule has 0 aliphatic carbocycles. The molecule has 27 heavy (non-hydrogen) atoms. The predicted octanol–water partition coefficient (Wildman–Crippen LogP) is 2.34. The van der Waals surface area contributed by atoms with Crippen molar-refractivity contribution in [3.63, 3.8) is 0 Å². The minimum atomic E-state index is -3.45. The van der Waals surface area contributed by atoms with Crippen LogP contribution < -0.4 is 10.2 Å². The number of hydrogen-bond donors (Lipinski definition) is 1. The van der Waals surface area contributed by atoms with Gasteiger partial charge in [-0.15, -0.1) is 0 Å². The van der Waals surface area contributed by atoms with Crippen molar-refractivity contribution in [1.82, 2.24) is 9.62 Å². The second-order valence-electron chi connectivity index (χ2n) is 6.65. The molecule has 0 radical (unpaired) electrons. The number of likely N-dealkylation sites (N-methyl/N-ethyl adjacent to an activating group) is 1. The zero-order chi connectivity index (χ0) is 19.3. The second kappa shape index (κ2) is 8.54. The van der Waals surface area contributed by atoms with E-state index in [0.29, 0.717) is 31.7 Å². The van der Waals surface area contributed by atoms with Gasteiger partial charge < -0.3 is 10.2 Å². The van der Waals surface area contributed by atoms with Crippen LogP contribution >= 0.6 is 0 Å². The maximum Gasteiger partial charge on any atom is 0.251 e. The Hall–Kier alpha value is -2.38. The molecule has 1 aliphatic rings. The van der Waals surface area contributed by atoms with Crippen LogP contribution in [0.5, 0.6) is 0 Å². The second-order valence-corrected chi connectivity index (χ2v) is 8.59. The number of hydrogen-bond acceptors (Lipinski definition) is 4. The molecule has 144 valence electrons. The Morgan fingerprint density at radius 3 is 2.30 bits per heavy atom. The molecule has 1 aliphatic heterocycles. The fraction of sp³-hybridized carbons (Fsp3) is 0.350. The van der Waals surface area contributed by atoms with E-state index in [0.717, 1.165) is 18.5 Å². The lowest BCUT2D eigenvalue weighted by Crippen LogP contribution is -2.33. The SMILES string of the molecule is CN(CCNC(=O)c1ccc(S(=O)(=O)N2CCCC2)cc1)c1ccccc1. The van der Waals surface area contributed by atoms with Gasteiger partial charge in [-0.05, 0) is 49.2 Å². The lowest BCUT2D eigenvalue weighted by molar-refractivity contribution is 0.0954. The summed E-state index contributed by atoms with van der Waals surface area (Å²) in [5.74, 6) is -0.207. The zero-order valence-electron chi connectivity index (χ0n) is 15.5. The minimum Gasteiger partial charge on any atom is -0.373 e. The monoisotopic (exact) mass is 387 g/mol. The number of carbonyl (C=O) groups excluding carboxylic acids is 1. The number of anilines is 1. The van der Waals surface area contributed by atoms with Gasteiger partial charge in [0.15, 0.2) is 0 Å².